The summed E-state index contributed by atoms with van der Waals surface area (Å²) in [5.74, 6) is 0. The SMILES string of the molecule is C[C@@H](NC(=O)OC(C)(C)C)c1ccc(-c2cc(C(F)(F)F)ccc2Br)cc1. The smallest absolute Gasteiger partial charge is 0.416 e. The molecule has 1 N–H and O–H groups in total. The van der Waals surface area contributed by atoms with Crippen molar-refractivity contribution in [2.45, 2.75) is 45.5 Å². The molecule has 0 saturated carbocycles. The lowest BCUT2D eigenvalue weighted by Crippen LogP contribution is -2.34. The number of alkyl carbamates (subject to hydrolysis) is 1. The lowest BCUT2D eigenvalue weighted by Gasteiger charge is -2.22. The Bertz CT molecular complexity index is 811. The van der Waals surface area contributed by atoms with Gasteiger partial charge in [0.15, 0.2) is 0 Å². The van der Waals surface area contributed by atoms with Crippen LogP contribution in [0.25, 0.3) is 11.1 Å². The Hall–Kier alpha value is -2.02. The van der Waals surface area contributed by atoms with Gasteiger partial charge in [-0.25, -0.2) is 4.79 Å². The third-order valence-corrected chi connectivity index (χ3v) is 4.44. The number of amides is 1. The number of nitrogens with one attached hydrogen (secondary N) is 1. The van der Waals surface area contributed by atoms with Gasteiger partial charge in [0, 0.05) is 4.47 Å². The summed E-state index contributed by atoms with van der Waals surface area (Å²) in [6, 6.07) is 10.2. The molecule has 0 aliphatic rings. The molecule has 0 unspecified atom stereocenters. The van der Waals surface area contributed by atoms with Gasteiger partial charge in [-0.2, -0.15) is 13.2 Å². The summed E-state index contributed by atoms with van der Waals surface area (Å²) in [6.07, 6.45) is -4.93. The molecule has 1 amide bonds. The first-order chi connectivity index (χ1) is 12.4. The Balaban J connectivity index is 2.19. The van der Waals surface area contributed by atoms with Crippen molar-refractivity contribution in [3.63, 3.8) is 0 Å². The highest BCUT2D eigenvalue weighted by molar-refractivity contribution is 9.10. The Morgan fingerprint density at radius 2 is 1.67 bits per heavy atom. The van der Waals surface area contributed by atoms with Gasteiger partial charge < -0.3 is 10.1 Å². The molecule has 27 heavy (non-hydrogen) atoms. The molecule has 0 spiro atoms. The number of hydrogen-bond donors (Lipinski definition) is 1. The van der Waals surface area contributed by atoms with Gasteiger partial charge in [-0.15, -0.1) is 0 Å². The van der Waals surface area contributed by atoms with E-state index in [4.69, 9.17) is 4.74 Å². The van der Waals surface area contributed by atoms with Crippen LogP contribution in [0.15, 0.2) is 46.9 Å². The van der Waals surface area contributed by atoms with Crippen molar-refractivity contribution in [1.29, 1.82) is 0 Å². The lowest BCUT2D eigenvalue weighted by molar-refractivity contribution is -0.137. The quantitative estimate of drug-likeness (QED) is 0.571. The van der Waals surface area contributed by atoms with Gasteiger partial charge in [0.2, 0.25) is 0 Å². The van der Waals surface area contributed by atoms with Crippen LogP contribution in [0.2, 0.25) is 0 Å². The first kappa shape index (κ1) is 21.3. The van der Waals surface area contributed by atoms with Crippen LogP contribution in [0.1, 0.15) is 44.9 Å². The van der Waals surface area contributed by atoms with E-state index in [9.17, 15) is 18.0 Å². The molecule has 0 heterocycles. The highest BCUT2D eigenvalue weighted by Gasteiger charge is 2.31. The van der Waals surface area contributed by atoms with Crippen LogP contribution in [0.3, 0.4) is 0 Å². The largest absolute Gasteiger partial charge is 0.444 e. The van der Waals surface area contributed by atoms with E-state index in [0.29, 0.717) is 15.6 Å². The minimum atomic E-state index is -4.40. The van der Waals surface area contributed by atoms with Gasteiger partial charge in [-0.05, 0) is 62.6 Å². The van der Waals surface area contributed by atoms with E-state index in [1.54, 1.807) is 52.0 Å². The number of carbonyl (C=O) groups excluding carboxylic acids is 1. The molecule has 3 nitrogen and oxygen atoms in total. The van der Waals surface area contributed by atoms with Crippen molar-refractivity contribution in [3.05, 3.63) is 58.1 Å². The van der Waals surface area contributed by atoms with Crippen molar-refractivity contribution in [1.82, 2.24) is 5.32 Å². The van der Waals surface area contributed by atoms with Crippen LogP contribution in [0.4, 0.5) is 18.0 Å². The van der Waals surface area contributed by atoms with Gasteiger partial charge >= 0.3 is 12.3 Å². The molecule has 0 saturated heterocycles. The van der Waals surface area contributed by atoms with Crippen LogP contribution in [-0.2, 0) is 10.9 Å². The van der Waals surface area contributed by atoms with Crippen molar-refractivity contribution < 1.29 is 22.7 Å². The van der Waals surface area contributed by atoms with E-state index in [2.05, 4.69) is 21.2 Å². The monoisotopic (exact) mass is 443 g/mol. The summed E-state index contributed by atoms with van der Waals surface area (Å²) in [6.45, 7) is 7.13. The first-order valence-corrected chi connectivity index (χ1v) is 9.13. The van der Waals surface area contributed by atoms with Gasteiger partial charge in [-0.3, -0.25) is 0 Å². The second-order valence-corrected chi connectivity index (χ2v) is 8.04. The number of rotatable bonds is 3. The van der Waals surface area contributed by atoms with E-state index in [1.807, 2.05) is 0 Å². The number of benzene rings is 2. The Morgan fingerprint density at radius 1 is 1.07 bits per heavy atom. The highest BCUT2D eigenvalue weighted by atomic mass is 79.9. The fourth-order valence-corrected chi connectivity index (χ4v) is 2.92. The topological polar surface area (TPSA) is 38.3 Å². The molecule has 0 radical (unpaired) electrons. The maximum Gasteiger partial charge on any atom is 0.416 e. The number of carbonyl (C=O) groups is 1. The summed E-state index contributed by atoms with van der Waals surface area (Å²) in [4.78, 5) is 11.9. The average molecular weight is 444 g/mol. The molecule has 1 atom stereocenters. The van der Waals surface area contributed by atoms with Gasteiger partial charge in [0.1, 0.15) is 5.60 Å². The molecule has 2 aromatic rings. The number of alkyl halides is 3. The van der Waals surface area contributed by atoms with Crippen LogP contribution in [-0.4, -0.2) is 11.7 Å². The van der Waals surface area contributed by atoms with Crippen molar-refractivity contribution >= 4 is 22.0 Å². The molecule has 2 aromatic carbocycles. The summed E-state index contributed by atoms with van der Waals surface area (Å²) in [5.41, 5.74) is 0.603. The fourth-order valence-electron chi connectivity index (χ4n) is 2.44. The molecule has 0 aromatic heterocycles. The molecule has 7 heteroatoms. The number of halogens is 4. The molecule has 0 aliphatic heterocycles. The normalized spacial score (nSPS) is 13.2. The van der Waals surface area contributed by atoms with Gasteiger partial charge in [-0.1, -0.05) is 40.2 Å². The highest BCUT2D eigenvalue weighted by Crippen LogP contribution is 2.36. The zero-order valence-electron chi connectivity index (χ0n) is 15.4. The van der Waals surface area contributed by atoms with E-state index in [-0.39, 0.29) is 6.04 Å². The van der Waals surface area contributed by atoms with Gasteiger partial charge in [0.05, 0.1) is 11.6 Å². The first-order valence-electron chi connectivity index (χ1n) is 8.33. The van der Waals surface area contributed by atoms with E-state index < -0.39 is 23.4 Å². The van der Waals surface area contributed by atoms with E-state index >= 15 is 0 Å². The predicted octanol–water partition coefficient (Wildman–Crippen LogP) is 6.72. The van der Waals surface area contributed by atoms with Crippen LogP contribution in [0.5, 0.6) is 0 Å². The van der Waals surface area contributed by atoms with Crippen LogP contribution in [0, 0.1) is 0 Å². The van der Waals surface area contributed by atoms with Crippen LogP contribution >= 0.6 is 15.9 Å². The molecule has 0 bridgehead atoms. The van der Waals surface area contributed by atoms with Gasteiger partial charge in [0.25, 0.3) is 0 Å². The zero-order valence-corrected chi connectivity index (χ0v) is 17.0. The fraction of sp³-hybridized carbons (Fsp3) is 0.350. The Kier molecular flexibility index (Phi) is 6.24. The summed E-state index contributed by atoms with van der Waals surface area (Å²) in [7, 11) is 0. The third kappa shape index (κ3) is 5.99. The van der Waals surface area contributed by atoms with E-state index in [0.717, 1.165) is 17.7 Å². The molecule has 146 valence electrons. The minimum absolute atomic E-state index is 0.307. The van der Waals surface area contributed by atoms with Crippen LogP contribution < -0.4 is 5.32 Å². The number of hydrogen-bond acceptors (Lipinski definition) is 2. The lowest BCUT2D eigenvalue weighted by atomic mass is 10.00. The summed E-state index contributed by atoms with van der Waals surface area (Å²) >= 11 is 3.30. The zero-order chi connectivity index (χ0) is 20.4. The molecule has 0 aliphatic carbocycles. The molecular formula is C20H21BrF3NO2. The van der Waals surface area contributed by atoms with E-state index in [1.165, 1.54) is 6.07 Å². The van der Waals surface area contributed by atoms with Crippen molar-refractivity contribution in [3.8, 4) is 11.1 Å². The Morgan fingerprint density at radius 3 is 2.19 bits per heavy atom. The second kappa shape index (κ2) is 7.92. The average Bonchev–Trinajstić information content (AvgIpc) is 2.52. The van der Waals surface area contributed by atoms with Crippen molar-refractivity contribution in [2.75, 3.05) is 0 Å². The minimum Gasteiger partial charge on any atom is -0.444 e. The molecular weight excluding hydrogens is 423 g/mol. The molecule has 2 rings (SSSR count). The maximum absolute atomic E-state index is 13.0. The summed E-state index contributed by atoms with van der Waals surface area (Å²) < 4.78 is 44.7. The third-order valence-electron chi connectivity index (χ3n) is 3.75. The maximum atomic E-state index is 13.0. The summed E-state index contributed by atoms with van der Waals surface area (Å²) in [5, 5.41) is 2.73. The Labute approximate surface area is 165 Å². The predicted molar refractivity (Wildman–Crippen MR) is 102 cm³/mol. The molecule has 0 fully saturated rings. The standard InChI is InChI=1S/C20H21BrF3NO2/c1-12(25-18(26)27-19(2,3)4)13-5-7-14(8-6-13)16-11-15(20(22,23)24)9-10-17(16)21/h5-12H,1-4H3,(H,25,26)/t12-/m1/s1. The number of ether oxygens (including phenoxy) is 1. The van der Waals surface area contributed by atoms with Crippen molar-refractivity contribution in [2.24, 2.45) is 0 Å². The second-order valence-electron chi connectivity index (χ2n) is 7.18.